The van der Waals surface area contributed by atoms with Crippen molar-refractivity contribution in [1.29, 1.82) is 0 Å². The number of carbonyl (C=O) groups is 1. The Morgan fingerprint density at radius 2 is 2.04 bits per heavy atom. The number of hydrogen-bond acceptors (Lipinski definition) is 5. The molecule has 3 aromatic heterocycles. The summed E-state index contributed by atoms with van der Waals surface area (Å²) in [6, 6.07) is 11.7. The van der Waals surface area contributed by atoms with Crippen LogP contribution < -0.4 is 4.74 Å². The molecule has 0 radical (unpaired) electrons. The Kier molecular flexibility index (Phi) is 3.48. The maximum absolute atomic E-state index is 11.8. The highest BCUT2D eigenvalue weighted by molar-refractivity contribution is 7.15. The average Bonchev–Trinajstić information content (AvgIpc) is 3.30. The number of methoxy groups -OCH3 is 1. The van der Waals surface area contributed by atoms with Gasteiger partial charge >= 0.3 is 0 Å². The molecule has 23 heavy (non-hydrogen) atoms. The van der Waals surface area contributed by atoms with Gasteiger partial charge in [0.15, 0.2) is 11.2 Å². The molecule has 0 saturated heterocycles. The Balaban J connectivity index is 2.01. The number of para-hydroxylation sites is 1. The Bertz CT molecular complexity index is 984. The third-order valence-electron chi connectivity index (χ3n) is 3.65. The molecule has 4 aromatic rings. The molecule has 1 aromatic carbocycles. The molecule has 0 N–H and O–H groups in total. The average molecular weight is 340 g/mol. The summed E-state index contributed by atoms with van der Waals surface area (Å²) >= 11 is 3.10. The minimum Gasteiger partial charge on any atom is -0.496 e. The molecule has 114 valence electrons. The predicted octanol–water partition coefficient (Wildman–Crippen LogP) is 4.61. The Labute approximate surface area is 140 Å². The first-order valence-electron chi connectivity index (χ1n) is 6.96. The topological polar surface area (TPSA) is 43.6 Å². The molecule has 0 unspecified atom stereocenters. The SMILES string of the molecule is COc1ccccc1-c1csc2nc(-c3cccs3)c(C=O)n12. The van der Waals surface area contributed by atoms with Crippen LogP contribution in [-0.2, 0) is 0 Å². The normalized spacial score (nSPS) is 11.0. The van der Waals surface area contributed by atoms with Crippen molar-refractivity contribution in [3.8, 4) is 27.6 Å². The third-order valence-corrected chi connectivity index (χ3v) is 5.35. The fourth-order valence-electron chi connectivity index (χ4n) is 2.63. The van der Waals surface area contributed by atoms with Crippen LogP contribution >= 0.6 is 22.7 Å². The Hall–Kier alpha value is -2.44. The van der Waals surface area contributed by atoms with Crippen LogP contribution in [0.25, 0.3) is 26.8 Å². The van der Waals surface area contributed by atoms with Gasteiger partial charge in [-0.15, -0.1) is 22.7 Å². The summed E-state index contributed by atoms with van der Waals surface area (Å²) in [5.74, 6) is 0.774. The molecule has 3 heterocycles. The van der Waals surface area contributed by atoms with Gasteiger partial charge in [0.05, 0.1) is 17.7 Å². The lowest BCUT2D eigenvalue weighted by Gasteiger charge is -2.07. The predicted molar refractivity (Wildman–Crippen MR) is 93.8 cm³/mol. The molecule has 6 heteroatoms. The number of aromatic nitrogens is 2. The van der Waals surface area contributed by atoms with E-state index in [0.29, 0.717) is 5.69 Å². The van der Waals surface area contributed by atoms with Crippen LogP contribution in [0, 0.1) is 0 Å². The molecular formula is C17H12N2O2S2. The van der Waals surface area contributed by atoms with Gasteiger partial charge in [-0.25, -0.2) is 4.98 Å². The third kappa shape index (κ3) is 2.18. The number of hydrogen-bond donors (Lipinski definition) is 0. The van der Waals surface area contributed by atoms with Crippen molar-refractivity contribution in [2.75, 3.05) is 7.11 Å². The van der Waals surface area contributed by atoms with Crippen molar-refractivity contribution in [2.45, 2.75) is 0 Å². The number of benzene rings is 1. The summed E-state index contributed by atoms with van der Waals surface area (Å²) in [6.07, 6.45) is 0.876. The van der Waals surface area contributed by atoms with E-state index >= 15 is 0 Å². The lowest BCUT2D eigenvalue weighted by Crippen LogP contribution is -1.95. The summed E-state index contributed by atoms with van der Waals surface area (Å²) in [5, 5.41) is 3.99. The van der Waals surface area contributed by atoms with E-state index in [9.17, 15) is 4.79 Å². The van der Waals surface area contributed by atoms with Crippen molar-refractivity contribution in [3.05, 3.63) is 52.9 Å². The molecule has 0 amide bonds. The number of carbonyl (C=O) groups excluding carboxylic acids is 1. The zero-order valence-electron chi connectivity index (χ0n) is 12.2. The van der Waals surface area contributed by atoms with Crippen LogP contribution in [0.3, 0.4) is 0 Å². The van der Waals surface area contributed by atoms with Gasteiger partial charge in [0.1, 0.15) is 17.1 Å². The molecule has 0 aliphatic carbocycles. The van der Waals surface area contributed by atoms with Gasteiger partial charge in [-0.05, 0) is 23.6 Å². The number of ether oxygens (including phenoxy) is 1. The first kappa shape index (κ1) is 14.2. The first-order valence-corrected chi connectivity index (χ1v) is 8.72. The Morgan fingerprint density at radius 1 is 1.17 bits per heavy atom. The second kappa shape index (κ2) is 5.64. The largest absolute Gasteiger partial charge is 0.496 e. The van der Waals surface area contributed by atoms with Gasteiger partial charge < -0.3 is 4.74 Å². The van der Waals surface area contributed by atoms with Gasteiger partial charge in [-0.2, -0.15) is 0 Å². The van der Waals surface area contributed by atoms with E-state index in [4.69, 9.17) is 4.74 Å². The number of thiophene rings is 1. The fourth-order valence-corrected chi connectivity index (χ4v) is 4.25. The van der Waals surface area contributed by atoms with Crippen LogP contribution in [0.5, 0.6) is 5.75 Å². The fraction of sp³-hybridized carbons (Fsp3) is 0.0588. The molecule has 0 fully saturated rings. The van der Waals surface area contributed by atoms with E-state index in [-0.39, 0.29) is 0 Å². The number of imidazole rings is 1. The Morgan fingerprint density at radius 3 is 2.78 bits per heavy atom. The van der Waals surface area contributed by atoms with E-state index in [0.717, 1.165) is 38.8 Å². The number of rotatable bonds is 4. The summed E-state index contributed by atoms with van der Waals surface area (Å²) in [4.78, 5) is 18.2. The van der Waals surface area contributed by atoms with Crippen LogP contribution in [0.15, 0.2) is 47.2 Å². The highest BCUT2D eigenvalue weighted by Gasteiger charge is 2.20. The van der Waals surface area contributed by atoms with E-state index in [1.54, 1.807) is 18.4 Å². The minimum absolute atomic E-state index is 0.574. The molecule has 4 nitrogen and oxygen atoms in total. The molecule has 0 saturated carbocycles. The molecule has 4 rings (SSSR count). The molecule has 0 atom stereocenters. The standard InChI is InChI=1S/C17H12N2O2S2/c1-21-14-6-3-2-5-11(14)13-10-23-17-18-16(12(9-20)19(13)17)15-7-4-8-22-15/h2-10H,1H3. The summed E-state index contributed by atoms with van der Waals surface area (Å²) in [7, 11) is 1.65. The second-order valence-corrected chi connectivity index (χ2v) is 6.66. The number of nitrogens with zero attached hydrogens (tertiary/aromatic N) is 2. The smallest absolute Gasteiger partial charge is 0.195 e. The van der Waals surface area contributed by atoms with Crippen molar-refractivity contribution >= 4 is 33.9 Å². The van der Waals surface area contributed by atoms with E-state index < -0.39 is 0 Å². The zero-order valence-corrected chi connectivity index (χ0v) is 13.9. The molecule has 0 spiro atoms. The van der Waals surface area contributed by atoms with Crippen LogP contribution in [0.1, 0.15) is 10.5 Å². The zero-order chi connectivity index (χ0) is 15.8. The highest BCUT2D eigenvalue weighted by Crippen LogP contribution is 2.36. The van der Waals surface area contributed by atoms with E-state index in [1.165, 1.54) is 11.3 Å². The number of thiazole rings is 1. The monoisotopic (exact) mass is 340 g/mol. The van der Waals surface area contributed by atoms with Gasteiger partial charge in [-0.1, -0.05) is 18.2 Å². The highest BCUT2D eigenvalue weighted by atomic mass is 32.1. The van der Waals surface area contributed by atoms with Crippen LogP contribution in [-0.4, -0.2) is 22.8 Å². The first-order chi connectivity index (χ1) is 11.3. The minimum atomic E-state index is 0.574. The van der Waals surface area contributed by atoms with Gasteiger partial charge in [0.2, 0.25) is 0 Å². The second-order valence-electron chi connectivity index (χ2n) is 4.88. The summed E-state index contributed by atoms with van der Waals surface area (Å²) in [5.41, 5.74) is 3.17. The summed E-state index contributed by atoms with van der Waals surface area (Å²) < 4.78 is 7.36. The van der Waals surface area contributed by atoms with E-state index in [2.05, 4.69) is 4.98 Å². The van der Waals surface area contributed by atoms with E-state index in [1.807, 2.05) is 51.6 Å². The van der Waals surface area contributed by atoms with Crippen molar-refractivity contribution in [2.24, 2.45) is 0 Å². The number of aldehydes is 1. The van der Waals surface area contributed by atoms with Crippen molar-refractivity contribution < 1.29 is 9.53 Å². The van der Waals surface area contributed by atoms with Crippen LogP contribution in [0.2, 0.25) is 0 Å². The van der Waals surface area contributed by atoms with Crippen LogP contribution in [0.4, 0.5) is 0 Å². The van der Waals surface area contributed by atoms with Gasteiger partial charge in [-0.3, -0.25) is 9.20 Å². The molecule has 0 aliphatic heterocycles. The van der Waals surface area contributed by atoms with Gasteiger partial charge in [0, 0.05) is 10.9 Å². The maximum Gasteiger partial charge on any atom is 0.195 e. The lowest BCUT2D eigenvalue weighted by atomic mass is 10.1. The molecular weight excluding hydrogens is 328 g/mol. The lowest BCUT2D eigenvalue weighted by molar-refractivity contribution is 0.111. The van der Waals surface area contributed by atoms with Crippen molar-refractivity contribution in [3.63, 3.8) is 0 Å². The quantitative estimate of drug-likeness (QED) is 0.509. The number of fused-ring (bicyclic) bond motifs is 1. The van der Waals surface area contributed by atoms with Crippen molar-refractivity contribution in [1.82, 2.24) is 9.38 Å². The maximum atomic E-state index is 11.8. The molecule has 0 aliphatic rings. The van der Waals surface area contributed by atoms with Gasteiger partial charge in [0.25, 0.3) is 0 Å². The molecule has 0 bridgehead atoms. The summed E-state index contributed by atoms with van der Waals surface area (Å²) in [6.45, 7) is 0.